The molecule has 0 spiro atoms. The standard InChI is InChI=1S/C8H5BrClF2NO/c9-4-1-7(13-8(14)3-10)6(12)2-5(4)11/h1-2H,3H2,(H,13,14). The second-order valence-electron chi connectivity index (χ2n) is 2.43. The van der Waals surface area contributed by atoms with Gasteiger partial charge in [-0.2, -0.15) is 0 Å². The van der Waals surface area contributed by atoms with Crippen LogP contribution in [0.4, 0.5) is 14.5 Å². The predicted octanol–water partition coefficient (Wildman–Crippen LogP) is 2.90. The number of hydrogen-bond donors (Lipinski definition) is 1. The molecule has 0 radical (unpaired) electrons. The van der Waals surface area contributed by atoms with Crippen LogP contribution in [0.3, 0.4) is 0 Å². The van der Waals surface area contributed by atoms with Crippen LogP contribution in [-0.2, 0) is 4.79 Å². The molecule has 0 fully saturated rings. The van der Waals surface area contributed by atoms with Crippen LogP contribution in [-0.4, -0.2) is 11.8 Å². The van der Waals surface area contributed by atoms with Crippen LogP contribution in [0.15, 0.2) is 16.6 Å². The Bertz CT molecular complexity index is 373. The van der Waals surface area contributed by atoms with Gasteiger partial charge in [0.1, 0.15) is 17.5 Å². The van der Waals surface area contributed by atoms with E-state index in [9.17, 15) is 13.6 Å². The molecule has 6 heteroatoms. The van der Waals surface area contributed by atoms with Gasteiger partial charge in [-0.05, 0) is 22.0 Å². The highest BCUT2D eigenvalue weighted by molar-refractivity contribution is 9.10. The number of rotatable bonds is 2. The molecule has 0 bridgehead atoms. The largest absolute Gasteiger partial charge is 0.323 e. The molecule has 2 nitrogen and oxygen atoms in total. The molecule has 0 atom stereocenters. The molecule has 0 aromatic heterocycles. The number of alkyl halides is 1. The predicted molar refractivity (Wildman–Crippen MR) is 53.4 cm³/mol. The Morgan fingerprint density at radius 3 is 2.64 bits per heavy atom. The molecule has 0 saturated heterocycles. The lowest BCUT2D eigenvalue weighted by Gasteiger charge is -2.05. The number of benzene rings is 1. The lowest BCUT2D eigenvalue weighted by atomic mass is 10.3. The van der Waals surface area contributed by atoms with E-state index in [-0.39, 0.29) is 16.0 Å². The fourth-order valence-corrected chi connectivity index (χ4v) is 1.21. The van der Waals surface area contributed by atoms with Crippen molar-refractivity contribution in [1.29, 1.82) is 0 Å². The molecule has 0 heterocycles. The van der Waals surface area contributed by atoms with Crippen molar-refractivity contribution in [3.63, 3.8) is 0 Å². The first-order chi connectivity index (χ1) is 6.54. The lowest BCUT2D eigenvalue weighted by molar-refractivity contribution is -0.113. The van der Waals surface area contributed by atoms with Crippen molar-refractivity contribution < 1.29 is 13.6 Å². The number of amides is 1. The highest BCUT2D eigenvalue weighted by atomic mass is 79.9. The molecule has 14 heavy (non-hydrogen) atoms. The molecular weight excluding hydrogens is 279 g/mol. The third kappa shape index (κ3) is 2.65. The summed E-state index contributed by atoms with van der Waals surface area (Å²) in [6, 6.07) is 1.81. The van der Waals surface area contributed by atoms with E-state index in [2.05, 4.69) is 21.2 Å². The van der Waals surface area contributed by atoms with E-state index in [1.807, 2.05) is 0 Å². The molecule has 0 aliphatic heterocycles. The molecule has 0 aliphatic carbocycles. The van der Waals surface area contributed by atoms with E-state index in [0.717, 1.165) is 6.07 Å². The van der Waals surface area contributed by atoms with Gasteiger partial charge in [-0.3, -0.25) is 4.79 Å². The summed E-state index contributed by atoms with van der Waals surface area (Å²) in [7, 11) is 0. The van der Waals surface area contributed by atoms with Crippen molar-refractivity contribution in [2.45, 2.75) is 0 Å². The number of carbonyl (C=O) groups excluding carboxylic acids is 1. The normalized spacial score (nSPS) is 10.0. The van der Waals surface area contributed by atoms with Gasteiger partial charge >= 0.3 is 0 Å². The second-order valence-corrected chi connectivity index (χ2v) is 3.55. The van der Waals surface area contributed by atoms with Crippen LogP contribution < -0.4 is 5.32 Å². The van der Waals surface area contributed by atoms with Crippen molar-refractivity contribution in [1.82, 2.24) is 0 Å². The summed E-state index contributed by atoms with van der Waals surface area (Å²) < 4.78 is 25.8. The summed E-state index contributed by atoms with van der Waals surface area (Å²) >= 11 is 8.07. The molecule has 1 N–H and O–H groups in total. The number of anilines is 1. The second kappa shape index (κ2) is 4.70. The maximum Gasteiger partial charge on any atom is 0.239 e. The monoisotopic (exact) mass is 283 g/mol. The van der Waals surface area contributed by atoms with Crippen molar-refractivity contribution in [3.05, 3.63) is 28.2 Å². The first kappa shape index (κ1) is 11.4. The van der Waals surface area contributed by atoms with Gasteiger partial charge in [-0.15, -0.1) is 11.6 Å². The summed E-state index contributed by atoms with van der Waals surface area (Å²) in [5.41, 5.74) is -0.107. The Morgan fingerprint density at radius 2 is 2.07 bits per heavy atom. The Kier molecular flexibility index (Phi) is 3.83. The summed E-state index contributed by atoms with van der Waals surface area (Å²) in [4.78, 5) is 10.8. The topological polar surface area (TPSA) is 29.1 Å². The maximum absolute atomic E-state index is 13.0. The number of nitrogens with one attached hydrogen (secondary N) is 1. The van der Waals surface area contributed by atoms with Gasteiger partial charge in [0.2, 0.25) is 5.91 Å². The molecular formula is C8H5BrClF2NO. The third-order valence-corrected chi connectivity index (χ3v) is 2.26. The Hall–Kier alpha value is -0.680. The van der Waals surface area contributed by atoms with Crippen molar-refractivity contribution >= 4 is 39.1 Å². The van der Waals surface area contributed by atoms with Gasteiger partial charge in [-0.1, -0.05) is 0 Å². The fraction of sp³-hybridized carbons (Fsp3) is 0.125. The molecule has 1 rings (SSSR count). The lowest BCUT2D eigenvalue weighted by Crippen LogP contribution is -2.13. The molecule has 0 saturated carbocycles. The first-order valence-electron chi connectivity index (χ1n) is 3.55. The summed E-state index contributed by atoms with van der Waals surface area (Å²) in [5.74, 6) is -2.41. The third-order valence-electron chi connectivity index (χ3n) is 1.41. The minimum Gasteiger partial charge on any atom is -0.323 e. The maximum atomic E-state index is 13.0. The number of carbonyl (C=O) groups is 1. The van der Waals surface area contributed by atoms with Crippen LogP contribution in [0.1, 0.15) is 0 Å². The quantitative estimate of drug-likeness (QED) is 0.656. The first-order valence-corrected chi connectivity index (χ1v) is 4.87. The van der Waals surface area contributed by atoms with Gasteiger partial charge in [0.25, 0.3) is 0 Å². The zero-order valence-corrected chi connectivity index (χ0v) is 9.12. The summed E-state index contributed by atoms with van der Waals surface area (Å²) in [5, 5.41) is 2.19. The van der Waals surface area contributed by atoms with Gasteiger partial charge in [0.15, 0.2) is 0 Å². The van der Waals surface area contributed by atoms with E-state index < -0.39 is 17.5 Å². The Balaban J connectivity index is 2.98. The van der Waals surface area contributed by atoms with Crippen molar-refractivity contribution in [2.24, 2.45) is 0 Å². The Morgan fingerprint density at radius 1 is 1.43 bits per heavy atom. The van der Waals surface area contributed by atoms with Crippen molar-refractivity contribution in [3.8, 4) is 0 Å². The molecule has 0 aliphatic rings. The van der Waals surface area contributed by atoms with Gasteiger partial charge in [0, 0.05) is 6.07 Å². The minimum atomic E-state index is -0.843. The van der Waals surface area contributed by atoms with E-state index in [4.69, 9.17) is 11.6 Å². The SMILES string of the molecule is O=C(CCl)Nc1cc(Br)c(F)cc1F. The van der Waals surface area contributed by atoms with E-state index >= 15 is 0 Å². The molecule has 1 aromatic carbocycles. The van der Waals surface area contributed by atoms with Crippen LogP contribution >= 0.6 is 27.5 Å². The van der Waals surface area contributed by atoms with E-state index in [1.54, 1.807) is 0 Å². The highest BCUT2D eigenvalue weighted by Gasteiger charge is 2.10. The zero-order valence-electron chi connectivity index (χ0n) is 6.78. The van der Waals surface area contributed by atoms with E-state index in [1.165, 1.54) is 0 Å². The smallest absolute Gasteiger partial charge is 0.239 e. The zero-order chi connectivity index (χ0) is 10.7. The molecule has 1 aromatic rings. The molecule has 76 valence electrons. The average Bonchev–Trinajstić information content (AvgIpc) is 2.14. The Labute approximate surface area is 92.4 Å². The average molecular weight is 284 g/mol. The summed E-state index contributed by atoms with van der Waals surface area (Å²) in [6.07, 6.45) is 0. The van der Waals surface area contributed by atoms with Crippen LogP contribution in [0, 0.1) is 11.6 Å². The minimum absolute atomic E-state index is 0.0729. The van der Waals surface area contributed by atoms with E-state index in [0.29, 0.717) is 6.07 Å². The number of halogens is 4. The number of hydrogen-bond acceptors (Lipinski definition) is 1. The highest BCUT2D eigenvalue weighted by Crippen LogP contribution is 2.23. The van der Waals surface area contributed by atoms with Gasteiger partial charge < -0.3 is 5.32 Å². The van der Waals surface area contributed by atoms with Crippen molar-refractivity contribution in [2.75, 3.05) is 11.2 Å². The van der Waals surface area contributed by atoms with Crippen LogP contribution in [0.25, 0.3) is 0 Å². The van der Waals surface area contributed by atoms with Crippen LogP contribution in [0.5, 0.6) is 0 Å². The molecule has 1 amide bonds. The van der Waals surface area contributed by atoms with Gasteiger partial charge in [-0.25, -0.2) is 8.78 Å². The van der Waals surface area contributed by atoms with Gasteiger partial charge in [0.05, 0.1) is 10.2 Å². The summed E-state index contributed by atoms with van der Waals surface area (Å²) in [6.45, 7) is 0. The fourth-order valence-electron chi connectivity index (χ4n) is 0.802. The van der Waals surface area contributed by atoms with Crippen LogP contribution in [0.2, 0.25) is 0 Å². The molecule has 0 unspecified atom stereocenters.